The van der Waals surface area contributed by atoms with Crippen LogP contribution in [-0.2, 0) is 24.4 Å². The van der Waals surface area contributed by atoms with Crippen LogP contribution in [0.4, 0.5) is 4.39 Å². The van der Waals surface area contributed by atoms with Crippen LogP contribution in [0.15, 0.2) is 60.9 Å². The second-order valence-electron chi connectivity index (χ2n) is 8.31. The van der Waals surface area contributed by atoms with Gasteiger partial charge in [0.25, 0.3) is 0 Å². The molecule has 5 nitrogen and oxygen atoms in total. The summed E-state index contributed by atoms with van der Waals surface area (Å²) in [6.07, 6.45) is 5.60. The van der Waals surface area contributed by atoms with Gasteiger partial charge in [-0.3, -0.25) is 9.69 Å². The molecule has 0 bridgehead atoms. The van der Waals surface area contributed by atoms with E-state index in [1.807, 2.05) is 37.4 Å². The molecule has 1 aliphatic heterocycles. The Bertz CT molecular complexity index is 1030. The minimum absolute atomic E-state index is 0.0581. The lowest BCUT2D eigenvalue weighted by molar-refractivity contribution is -0.126. The number of benzene rings is 2. The van der Waals surface area contributed by atoms with Crippen molar-refractivity contribution in [2.75, 3.05) is 13.1 Å². The summed E-state index contributed by atoms with van der Waals surface area (Å²) in [7, 11) is 0. The fourth-order valence-electron chi connectivity index (χ4n) is 4.22. The summed E-state index contributed by atoms with van der Waals surface area (Å²) in [5.41, 5.74) is 2.96. The average Bonchev–Trinajstić information content (AvgIpc) is 3.18. The molecule has 31 heavy (non-hydrogen) atoms. The van der Waals surface area contributed by atoms with E-state index >= 15 is 0 Å². The predicted octanol–water partition coefficient (Wildman–Crippen LogP) is 3.91. The largest absolute Gasteiger partial charge is 0.352 e. The van der Waals surface area contributed by atoms with E-state index in [0.717, 1.165) is 37.3 Å². The van der Waals surface area contributed by atoms with Gasteiger partial charge in [-0.15, -0.1) is 0 Å². The van der Waals surface area contributed by atoms with Crippen molar-refractivity contribution < 1.29 is 9.18 Å². The molecule has 162 valence electrons. The number of hydrogen-bond acceptors (Lipinski definition) is 3. The molecule has 0 radical (unpaired) electrons. The number of nitrogens with zero attached hydrogens (tertiary/aromatic N) is 3. The normalized spacial score (nSPS) is 16.9. The zero-order chi connectivity index (χ0) is 21.6. The van der Waals surface area contributed by atoms with Crippen molar-refractivity contribution in [1.29, 1.82) is 0 Å². The summed E-state index contributed by atoms with van der Waals surface area (Å²) < 4.78 is 16.1. The first-order valence-electron chi connectivity index (χ1n) is 10.9. The Labute approximate surface area is 182 Å². The van der Waals surface area contributed by atoms with Gasteiger partial charge in [0.15, 0.2) is 0 Å². The Kier molecular flexibility index (Phi) is 6.77. The third-order valence-corrected chi connectivity index (χ3v) is 5.96. The quantitative estimate of drug-likeness (QED) is 0.631. The fourth-order valence-corrected chi connectivity index (χ4v) is 4.22. The zero-order valence-corrected chi connectivity index (χ0v) is 17.9. The molecule has 1 aliphatic rings. The molecular formula is C25H29FN4O. The van der Waals surface area contributed by atoms with Gasteiger partial charge in [0.1, 0.15) is 11.6 Å². The SMILES string of the molecule is Cc1nccn1Cc1cccc(CNC(=O)C2CCCN(Cc3ccccc3F)C2)c1. The van der Waals surface area contributed by atoms with Gasteiger partial charge in [-0.1, -0.05) is 42.5 Å². The van der Waals surface area contributed by atoms with E-state index in [0.29, 0.717) is 25.2 Å². The van der Waals surface area contributed by atoms with E-state index in [1.165, 1.54) is 11.6 Å². The second-order valence-corrected chi connectivity index (χ2v) is 8.31. The molecule has 1 N–H and O–H groups in total. The first kappa shape index (κ1) is 21.2. The van der Waals surface area contributed by atoms with Crippen LogP contribution >= 0.6 is 0 Å². The first-order chi connectivity index (χ1) is 15.1. The lowest BCUT2D eigenvalue weighted by Crippen LogP contribution is -2.42. The highest BCUT2D eigenvalue weighted by Crippen LogP contribution is 2.20. The maximum Gasteiger partial charge on any atom is 0.224 e. The number of carbonyl (C=O) groups excluding carboxylic acids is 1. The van der Waals surface area contributed by atoms with Crippen molar-refractivity contribution in [3.05, 3.63) is 89.3 Å². The van der Waals surface area contributed by atoms with Gasteiger partial charge >= 0.3 is 0 Å². The number of rotatable bonds is 7. The summed E-state index contributed by atoms with van der Waals surface area (Å²) in [6.45, 7) is 5.38. The van der Waals surface area contributed by atoms with Crippen LogP contribution in [0, 0.1) is 18.7 Å². The molecule has 1 aromatic heterocycles. The van der Waals surface area contributed by atoms with Crippen LogP contribution in [-0.4, -0.2) is 33.4 Å². The first-order valence-corrected chi connectivity index (χ1v) is 10.9. The highest BCUT2D eigenvalue weighted by atomic mass is 19.1. The van der Waals surface area contributed by atoms with E-state index in [9.17, 15) is 9.18 Å². The summed E-state index contributed by atoms with van der Waals surface area (Å²) in [5.74, 6) is 0.821. The topological polar surface area (TPSA) is 50.2 Å². The van der Waals surface area contributed by atoms with Gasteiger partial charge in [0.2, 0.25) is 5.91 Å². The van der Waals surface area contributed by atoms with Crippen LogP contribution in [0.2, 0.25) is 0 Å². The molecule has 1 atom stereocenters. The number of likely N-dealkylation sites (tertiary alicyclic amines) is 1. The maximum absolute atomic E-state index is 14.0. The number of hydrogen-bond donors (Lipinski definition) is 1. The minimum atomic E-state index is -0.181. The lowest BCUT2D eigenvalue weighted by Gasteiger charge is -2.32. The molecule has 0 spiro atoms. The van der Waals surface area contributed by atoms with E-state index < -0.39 is 0 Å². The molecule has 1 fully saturated rings. The Morgan fingerprint density at radius 2 is 2.00 bits per heavy atom. The summed E-state index contributed by atoms with van der Waals surface area (Å²) in [4.78, 5) is 19.2. The minimum Gasteiger partial charge on any atom is -0.352 e. The Morgan fingerprint density at radius 1 is 1.16 bits per heavy atom. The highest BCUT2D eigenvalue weighted by Gasteiger charge is 2.26. The lowest BCUT2D eigenvalue weighted by atomic mass is 9.96. The van der Waals surface area contributed by atoms with E-state index in [4.69, 9.17) is 0 Å². The third kappa shape index (κ3) is 5.58. The standard InChI is InChI=1S/C25H29FN4O/c1-19-27-11-13-30(19)16-21-7-4-6-20(14-21)15-28-25(31)23-9-5-12-29(18-23)17-22-8-2-3-10-24(22)26/h2-4,6-8,10-11,13-14,23H,5,9,12,15-18H2,1H3,(H,28,31). The highest BCUT2D eigenvalue weighted by molar-refractivity contribution is 5.79. The molecule has 2 aromatic carbocycles. The van der Waals surface area contributed by atoms with Crippen molar-refractivity contribution in [2.24, 2.45) is 5.92 Å². The number of halogens is 1. The maximum atomic E-state index is 14.0. The number of aromatic nitrogens is 2. The number of aryl methyl sites for hydroxylation is 1. The molecule has 1 saturated heterocycles. The molecule has 3 aromatic rings. The number of carbonyl (C=O) groups is 1. The summed E-state index contributed by atoms with van der Waals surface area (Å²) in [5, 5.41) is 3.10. The van der Waals surface area contributed by atoms with E-state index in [1.54, 1.807) is 12.3 Å². The number of imidazole rings is 1. The molecule has 0 aliphatic carbocycles. The Hall–Kier alpha value is -2.99. The van der Waals surface area contributed by atoms with Crippen LogP contribution < -0.4 is 5.32 Å². The molecule has 1 unspecified atom stereocenters. The second kappa shape index (κ2) is 9.88. The zero-order valence-electron chi connectivity index (χ0n) is 17.9. The number of amides is 1. The number of nitrogens with one attached hydrogen (secondary N) is 1. The van der Waals surface area contributed by atoms with Crippen molar-refractivity contribution in [3.8, 4) is 0 Å². The third-order valence-electron chi connectivity index (χ3n) is 5.96. The van der Waals surface area contributed by atoms with Crippen molar-refractivity contribution in [2.45, 2.75) is 39.4 Å². The summed E-state index contributed by atoms with van der Waals surface area (Å²) >= 11 is 0. The van der Waals surface area contributed by atoms with Gasteiger partial charge in [0.05, 0.1) is 5.92 Å². The van der Waals surface area contributed by atoms with Crippen LogP contribution in [0.1, 0.15) is 35.4 Å². The van der Waals surface area contributed by atoms with Crippen LogP contribution in [0.25, 0.3) is 0 Å². The monoisotopic (exact) mass is 420 g/mol. The van der Waals surface area contributed by atoms with Crippen LogP contribution in [0.3, 0.4) is 0 Å². The van der Waals surface area contributed by atoms with Crippen molar-refractivity contribution in [3.63, 3.8) is 0 Å². The number of piperidine rings is 1. The van der Waals surface area contributed by atoms with Gasteiger partial charge in [-0.25, -0.2) is 9.37 Å². The molecule has 2 heterocycles. The molecule has 1 amide bonds. The fraction of sp³-hybridized carbons (Fsp3) is 0.360. The summed E-state index contributed by atoms with van der Waals surface area (Å²) in [6, 6.07) is 15.2. The van der Waals surface area contributed by atoms with Crippen molar-refractivity contribution in [1.82, 2.24) is 19.8 Å². The van der Waals surface area contributed by atoms with Crippen LogP contribution in [0.5, 0.6) is 0 Å². The average molecular weight is 421 g/mol. The van der Waals surface area contributed by atoms with Gasteiger partial charge in [-0.2, -0.15) is 0 Å². The van der Waals surface area contributed by atoms with Gasteiger partial charge in [-0.05, 0) is 43.5 Å². The van der Waals surface area contributed by atoms with Gasteiger partial charge in [0, 0.05) is 44.1 Å². The van der Waals surface area contributed by atoms with E-state index in [2.05, 4.69) is 31.9 Å². The van der Waals surface area contributed by atoms with E-state index in [-0.39, 0.29) is 17.6 Å². The molecule has 6 heteroatoms. The molecular weight excluding hydrogens is 391 g/mol. The van der Waals surface area contributed by atoms with Gasteiger partial charge < -0.3 is 9.88 Å². The smallest absolute Gasteiger partial charge is 0.224 e. The van der Waals surface area contributed by atoms with Crippen molar-refractivity contribution >= 4 is 5.91 Å². The Balaban J connectivity index is 1.31. The molecule has 4 rings (SSSR count). The Morgan fingerprint density at radius 3 is 2.81 bits per heavy atom. The molecule has 0 saturated carbocycles. The predicted molar refractivity (Wildman–Crippen MR) is 119 cm³/mol.